The summed E-state index contributed by atoms with van der Waals surface area (Å²) in [6.45, 7) is -0.105. The lowest BCUT2D eigenvalue weighted by molar-refractivity contribution is -0.118. The van der Waals surface area contributed by atoms with Crippen LogP contribution in [0.5, 0.6) is 0 Å². The summed E-state index contributed by atoms with van der Waals surface area (Å²) in [6.07, 6.45) is 1.46. The Morgan fingerprint density at radius 3 is 2.62 bits per heavy atom. The molecule has 24 heavy (non-hydrogen) atoms. The van der Waals surface area contributed by atoms with Gasteiger partial charge in [-0.15, -0.1) is 11.3 Å². The molecular weight excluding hydrogens is 350 g/mol. The topological polar surface area (TPSA) is 103 Å². The van der Waals surface area contributed by atoms with E-state index in [1.807, 2.05) is 30.3 Å². The van der Waals surface area contributed by atoms with Crippen LogP contribution in [0.1, 0.15) is 9.67 Å². The molecule has 1 aromatic carbocycles. The maximum Gasteiger partial charge on any atom is 0.270 e. The van der Waals surface area contributed by atoms with Gasteiger partial charge in [0, 0.05) is 5.56 Å². The summed E-state index contributed by atoms with van der Waals surface area (Å²) >= 11 is 7.02. The Morgan fingerprint density at radius 1 is 1.25 bits per heavy atom. The molecule has 0 fully saturated rings. The Bertz CT molecular complexity index is 890. The Hall–Kier alpha value is -2.71. The van der Waals surface area contributed by atoms with E-state index in [9.17, 15) is 9.59 Å². The number of primary amides is 1. The molecule has 2 heterocycles. The van der Waals surface area contributed by atoms with Crippen LogP contribution in [0.4, 0.5) is 5.82 Å². The molecule has 0 atom stereocenters. The quantitative estimate of drug-likeness (QED) is 0.728. The van der Waals surface area contributed by atoms with Crippen LogP contribution in [0.3, 0.4) is 0 Å². The first-order valence-corrected chi connectivity index (χ1v) is 8.11. The number of anilines is 1. The fraction of sp³-hybridized carbons (Fsp3) is 0.0667. The molecule has 0 saturated heterocycles. The number of halogens is 1. The number of aromatic nitrogens is 3. The minimum atomic E-state index is -0.543. The highest BCUT2D eigenvalue weighted by Gasteiger charge is 2.20. The number of rotatable bonds is 5. The molecule has 0 spiro atoms. The molecule has 0 saturated carbocycles. The Kier molecular flexibility index (Phi) is 4.59. The van der Waals surface area contributed by atoms with E-state index in [0.717, 1.165) is 16.9 Å². The van der Waals surface area contributed by atoms with Crippen LogP contribution < -0.4 is 11.1 Å². The van der Waals surface area contributed by atoms with Crippen molar-refractivity contribution in [3.63, 3.8) is 0 Å². The summed E-state index contributed by atoms with van der Waals surface area (Å²) in [5.41, 5.74) is 8.07. The molecular formula is C15H12ClN5O2S. The van der Waals surface area contributed by atoms with Gasteiger partial charge in [0.2, 0.25) is 5.91 Å². The lowest BCUT2D eigenvalue weighted by atomic mass is 10.1. The van der Waals surface area contributed by atoms with E-state index in [-0.39, 0.29) is 16.6 Å². The third-order valence-electron chi connectivity index (χ3n) is 3.17. The SMILES string of the molecule is NC(=O)Cn1cnc(-c2ccccc2)c1NC(=O)c1scnc1Cl. The van der Waals surface area contributed by atoms with Gasteiger partial charge < -0.3 is 15.6 Å². The zero-order chi connectivity index (χ0) is 17.1. The maximum absolute atomic E-state index is 12.4. The molecule has 0 aliphatic carbocycles. The largest absolute Gasteiger partial charge is 0.368 e. The van der Waals surface area contributed by atoms with Gasteiger partial charge in [0.1, 0.15) is 22.9 Å². The van der Waals surface area contributed by atoms with Crippen molar-refractivity contribution in [3.8, 4) is 11.3 Å². The smallest absolute Gasteiger partial charge is 0.270 e. The van der Waals surface area contributed by atoms with Crippen molar-refractivity contribution < 1.29 is 9.59 Å². The normalized spacial score (nSPS) is 10.5. The van der Waals surface area contributed by atoms with Gasteiger partial charge in [-0.2, -0.15) is 0 Å². The van der Waals surface area contributed by atoms with Gasteiger partial charge in [-0.25, -0.2) is 9.97 Å². The van der Waals surface area contributed by atoms with Gasteiger partial charge in [0.15, 0.2) is 5.15 Å². The molecule has 0 aliphatic heterocycles. The zero-order valence-electron chi connectivity index (χ0n) is 12.3. The number of amides is 2. The van der Waals surface area contributed by atoms with Crippen LogP contribution in [0.15, 0.2) is 42.2 Å². The van der Waals surface area contributed by atoms with Crippen molar-refractivity contribution in [2.24, 2.45) is 5.73 Å². The fourth-order valence-corrected chi connectivity index (χ4v) is 3.05. The van der Waals surface area contributed by atoms with Crippen LogP contribution in [-0.4, -0.2) is 26.3 Å². The number of thiazole rings is 1. The average Bonchev–Trinajstić information content (AvgIpc) is 3.15. The lowest BCUT2D eigenvalue weighted by Gasteiger charge is -2.10. The van der Waals surface area contributed by atoms with Crippen molar-refractivity contribution in [1.82, 2.24) is 14.5 Å². The van der Waals surface area contributed by atoms with E-state index in [2.05, 4.69) is 15.3 Å². The van der Waals surface area contributed by atoms with Crippen LogP contribution in [0.25, 0.3) is 11.3 Å². The summed E-state index contributed by atoms with van der Waals surface area (Å²) in [5.74, 6) is -0.598. The predicted molar refractivity (Wildman–Crippen MR) is 91.9 cm³/mol. The molecule has 2 amide bonds. The molecule has 7 nitrogen and oxygen atoms in total. The number of carbonyl (C=O) groups is 2. The molecule has 0 radical (unpaired) electrons. The molecule has 0 aliphatic rings. The summed E-state index contributed by atoms with van der Waals surface area (Å²) < 4.78 is 1.48. The predicted octanol–water partition coefficient (Wildman–Crippen LogP) is 2.40. The van der Waals surface area contributed by atoms with Crippen molar-refractivity contribution in [2.75, 3.05) is 5.32 Å². The summed E-state index contributed by atoms with van der Waals surface area (Å²) in [5, 5.41) is 2.87. The number of imidazole rings is 1. The van der Waals surface area contributed by atoms with Crippen molar-refractivity contribution in [1.29, 1.82) is 0 Å². The lowest BCUT2D eigenvalue weighted by Crippen LogP contribution is -2.21. The van der Waals surface area contributed by atoms with Gasteiger partial charge in [-0.05, 0) is 0 Å². The van der Waals surface area contributed by atoms with Crippen molar-refractivity contribution in [2.45, 2.75) is 6.54 Å². The zero-order valence-corrected chi connectivity index (χ0v) is 13.8. The van der Waals surface area contributed by atoms with E-state index in [1.165, 1.54) is 16.4 Å². The van der Waals surface area contributed by atoms with Crippen molar-refractivity contribution >= 4 is 40.6 Å². The first-order valence-electron chi connectivity index (χ1n) is 6.85. The van der Waals surface area contributed by atoms with Crippen LogP contribution >= 0.6 is 22.9 Å². The minimum Gasteiger partial charge on any atom is -0.368 e. The second-order valence-electron chi connectivity index (χ2n) is 4.83. The Balaban J connectivity index is 2.00. The number of hydrogen-bond donors (Lipinski definition) is 2. The summed E-state index contributed by atoms with van der Waals surface area (Å²) in [7, 11) is 0. The second kappa shape index (κ2) is 6.81. The molecule has 0 unspecified atom stereocenters. The van der Waals surface area contributed by atoms with E-state index < -0.39 is 11.8 Å². The van der Waals surface area contributed by atoms with Gasteiger partial charge >= 0.3 is 0 Å². The third kappa shape index (κ3) is 3.29. The highest BCUT2D eigenvalue weighted by Crippen LogP contribution is 2.28. The van der Waals surface area contributed by atoms with E-state index in [1.54, 1.807) is 0 Å². The summed E-state index contributed by atoms with van der Waals surface area (Å²) in [6, 6.07) is 9.29. The van der Waals surface area contributed by atoms with Crippen molar-refractivity contribution in [3.05, 3.63) is 52.2 Å². The van der Waals surface area contributed by atoms with Gasteiger partial charge in [0.25, 0.3) is 5.91 Å². The molecule has 2 aromatic heterocycles. The van der Waals surface area contributed by atoms with Gasteiger partial charge in [0.05, 0.1) is 11.8 Å². The fourth-order valence-electron chi connectivity index (χ4n) is 2.15. The molecule has 3 aromatic rings. The number of carbonyl (C=O) groups excluding carboxylic acids is 2. The molecule has 122 valence electrons. The van der Waals surface area contributed by atoms with Gasteiger partial charge in [-0.1, -0.05) is 41.9 Å². The molecule has 3 rings (SSSR count). The first kappa shape index (κ1) is 16.2. The molecule has 9 heteroatoms. The van der Waals surface area contributed by atoms with Crippen LogP contribution in [-0.2, 0) is 11.3 Å². The summed E-state index contributed by atoms with van der Waals surface area (Å²) in [4.78, 5) is 32.1. The van der Waals surface area contributed by atoms with E-state index >= 15 is 0 Å². The van der Waals surface area contributed by atoms with Crippen LogP contribution in [0, 0.1) is 0 Å². The average molecular weight is 362 g/mol. The Labute approximate surface area is 146 Å². The number of hydrogen-bond acceptors (Lipinski definition) is 5. The third-order valence-corrected chi connectivity index (χ3v) is 4.40. The Morgan fingerprint density at radius 2 is 2.00 bits per heavy atom. The second-order valence-corrected chi connectivity index (χ2v) is 6.04. The monoisotopic (exact) mass is 361 g/mol. The standard InChI is InChI=1S/C15H12ClN5O2S/c16-13-12(24-8-19-13)15(23)20-14-11(9-4-2-1-3-5-9)18-7-21(14)6-10(17)22/h1-5,7-8H,6H2,(H2,17,22)(H,20,23). The van der Waals surface area contributed by atoms with E-state index in [4.69, 9.17) is 17.3 Å². The molecule has 0 bridgehead atoms. The minimum absolute atomic E-state index is 0.105. The first-order chi connectivity index (χ1) is 11.6. The number of nitrogens with two attached hydrogens (primary N) is 1. The van der Waals surface area contributed by atoms with Gasteiger partial charge in [-0.3, -0.25) is 9.59 Å². The highest BCUT2D eigenvalue weighted by atomic mass is 35.5. The maximum atomic E-state index is 12.4. The number of nitrogens with one attached hydrogen (secondary N) is 1. The number of benzene rings is 1. The van der Waals surface area contributed by atoms with E-state index in [0.29, 0.717) is 11.5 Å². The molecule has 3 N–H and O–H groups in total. The highest BCUT2D eigenvalue weighted by molar-refractivity contribution is 7.12. The number of nitrogens with zero attached hydrogens (tertiary/aromatic N) is 3. The van der Waals surface area contributed by atoms with Crippen LogP contribution in [0.2, 0.25) is 5.15 Å².